The van der Waals surface area contributed by atoms with Crippen LogP contribution in [0.3, 0.4) is 0 Å². The normalized spacial score (nSPS) is 13.1. The fourth-order valence-corrected chi connectivity index (χ4v) is 6.78. The third-order valence-electron chi connectivity index (χ3n) is 5.11. The van der Waals surface area contributed by atoms with Crippen LogP contribution in [0.5, 0.6) is 0 Å². The number of thiophene rings is 1. The van der Waals surface area contributed by atoms with Crippen LogP contribution >= 0.6 is 22.7 Å². The number of benzene rings is 1. The summed E-state index contributed by atoms with van der Waals surface area (Å²) >= 11 is 1.80. The second kappa shape index (κ2) is 8.88. The standard InChI is InChI=1S/C23H25N3O2S3/c1-4-5-12-31(28)22-19(24)18-16(14-6-8-15(9-7-14)23(2,3)27)13-17(26-21(18)30-22)20-25-10-11-29-20/h6-11,13,27H,4-5,12,24H2,1-3H3. The number of aliphatic hydroxyl groups is 1. The van der Waals surface area contributed by atoms with Gasteiger partial charge in [0.25, 0.3) is 0 Å². The van der Waals surface area contributed by atoms with Crippen molar-refractivity contribution in [2.45, 2.75) is 43.4 Å². The number of nitrogens with zero attached hydrogens (tertiary/aromatic N) is 2. The Balaban J connectivity index is 1.90. The molecule has 0 aliphatic heterocycles. The number of rotatable bonds is 7. The highest BCUT2D eigenvalue weighted by atomic mass is 32.2. The molecule has 0 spiro atoms. The molecular weight excluding hydrogens is 446 g/mol. The van der Waals surface area contributed by atoms with Crippen LogP contribution in [0.2, 0.25) is 0 Å². The van der Waals surface area contributed by atoms with Crippen molar-refractivity contribution in [1.29, 1.82) is 0 Å². The summed E-state index contributed by atoms with van der Waals surface area (Å²) in [6.07, 6.45) is 3.64. The van der Waals surface area contributed by atoms with Gasteiger partial charge in [-0.15, -0.1) is 11.3 Å². The van der Waals surface area contributed by atoms with E-state index in [1.807, 2.05) is 35.7 Å². The lowest BCUT2D eigenvalue weighted by atomic mass is 9.94. The average molecular weight is 472 g/mol. The first-order valence-electron chi connectivity index (χ1n) is 10.1. The van der Waals surface area contributed by atoms with Crippen LogP contribution in [0.15, 0.2) is 46.1 Å². The molecule has 0 fully saturated rings. The third kappa shape index (κ3) is 4.49. The predicted octanol–water partition coefficient (Wildman–Crippen LogP) is 5.80. The van der Waals surface area contributed by atoms with Gasteiger partial charge in [-0.05, 0) is 54.2 Å². The Morgan fingerprint density at radius 1 is 1.23 bits per heavy atom. The molecule has 4 aromatic rings. The first kappa shape index (κ1) is 22.2. The maximum atomic E-state index is 12.9. The van der Waals surface area contributed by atoms with Gasteiger partial charge in [0.15, 0.2) is 0 Å². The molecule has 4 rings (SSSR count). The Kier molecular flexibility index (Phi) is 6.37. The highest BCUT2D eigenvalue weighted by molar-refractivity contribution is 7.93. The van der Waals surface area contributed by atoms with Crippen molar-refractivity contribution in [2.75, 3.05) is 11.5 Å². The van der Waals surface area contributed by atoms with Gasteiger partial charge in [0.2, 0.25) is 4.21 Å². The Labute approximate surface area is 193 Å². The minimum Gasteiger partial charge on any atom is -0.611 e. The highest BCUT2D eigenvalue weighted by Gasteiger charge is 2.25. The van der Waals surface area contributed by atoms with E-state index in [-0.39, 0.29) is 0 Å². The molecule has 3 heterocycles. The summed E-state index contributed by atoms with van der Waals surface area (Å²) < 4.78 is 13.6. The number of hydrogen-bond donors (Lipinski definition) is 2. The summed E-state index contributed by atoms with van der Waals surface area (Å²) in [6.45, 7) is 5.62. The zero-order chi connectivity index (χ0) is 22.2. The van der Waals surface area contributed by atoms with E-state index < -0.39 is 16.8 Å². The maximum Gasteiger partial charge on any atom is 0.232 e. The summed E-state index contributed by atoms with van der Waals surface area (Å²) in [5.41, 5.74) is 9.69. The van der Waals surface area contributed by atoms with Crippen molar-refractivity contribution in [3.05, 3.63) is 47.5 Å². The molecule has 0 saturated heterocycles. The molecule has 0 bridgehead atoms. The van der Waals surface area contributed by atoms with E-state index in [4.69, 9.17) is 10.7 Å². The molecule has 1 atom stereocenters. The van der Waals surface area contributed by atoms with Gasteiger partial charge in [-0.25, -0.2) is 9.97 Å². The summed E-state index contributed by atoms with van der Waals surface area (Å²) in [4.78, 5) is 10.0. The molecule has 1 aromatic carbocycles. The van der Waals surface area contributed by atoms with Crippen LogP contribution in [0.4, 0.5) is 5.69 Å². The van der Waals surface area contributed by atoms with E-state index in [9.17, 15) is 9.66 Å². The molecule has 0 radical (unpaired) electrons. The van der Waals surface area contributed by atoms with Gasteiger partial charge < -0.3 is 15.4 Å². The van der Waals surface area contributed by atoms with Crippen LogP contribution in [0, 0.1) is 0 Å². The number of nitrogen functional groups attached to an aromatic ring is 1. The van der Waals surface area contributed by atoms with Crippen LogP contribution < -0.4 is 5.73 Å². The predicted molar refractivity (Wildman–Crippen MR) is 132 cm³/mol. The average Bonchev–Trinajstić information content (AvgIpc) is 3.39. The van der Waals surface area contributed by atoms with E-state index in [0.717, 1.165) is 50.5 Å². The van der Waals surface area contributed by atoms with E-state index in [1.54, 1.807) is 20.0 Å². The number of pyridine rings is 1. The fourth-order valence-electron chi connectivity index (χ4n) is 3.38. The van der Waals surface area contributed by atoms with Crippen molar-refractivity contribution >= 4 is 49.8 Å². The second-order valence-electron chi connectivity index (χ2n) is 7.92. The summed E-state index contributed by atoms with van der Waals surface area (Å²) in [5, 5.41) is 13.9. The monoisotopic (exact) mass is 471 g/mol. The molecular formula is C23H25N3O2S3. The van der Waals surface area contributed by atoms with Gasteiger partial charge in [-0.1, -0.05) is 48.9 Å². The Morgan fingerprint density at radius 2 is 1.97 bits per heavy atom. The van der Waals surface area contributed by atoms with Crippen molar-refractivity contribution in [3.63, 3.8) is 0 Å². The first-order valence-corrected chi connectivity index (χ1v) is 13.2. The molecule has 3 aromatic heterocycles. The third-order valence-corrected chi connectivity index (χ3v) is 8.90. The second-order valence-corrected chi connectivity index (χ2v) is 11.6. The fraction of sp³-hybridized carbons (Fsp3) is 0.304. The number of nitrogens with two attached hydrogens (primary N) is 1. The zero-order valence-electron chi connectivity index (χ0n) is 17.7. The van der Waals surface area contributed by atoms with Gasteiger partial charge in [-0.2, -0.15) is 0 Å². The van der Waals surface area contributed by atoms with E-state index in [2.05, 4.69) is 11.9 Å². The van der Waals surface area contributed by atoms with Crippen LogP contribution in [-0.2, 0) is 16.8 Å². The molecule has 31 heavy (non-hydrogen) atoms. The Morgan fingerprint density at radius 3 is 2.58 bits per heavy atom. The summed E-state index contributed by atoms with van der Waals surface area (Å²) in [5.74, 6) is 0.600. The zero-order valence-corrected chi connectivity index (χ0v) is 20.2. The molecule has 162 valence electrons. The lowest BCUT2D eigenvalue weighted by Crippen LogP contribution is -2.14. The number of aromatic nitrogens is 2. The van der Waals surface area contributed by atoms with Crippen molar-refractivity contribution < 1.29 is 9.66 Å². The Bertz CT molecular complexity index is 1180. The van der Waals surface area contributed by atoms with Gasteiger partial charge in [0, 0.05) is 17.0 Å². The minimum atomic E-state index is -1.14. The lowest BCUT2D eigenvalue weighted by molar-refractivity contribution is 0.0786. The molecule has 0 aliphatic carbocycles. The highest BCUT2D eigenvalue weighted by Crippen LogP contribution is 2.44. The molecule has 5 nitrogen and oxygen atoms in total. The number of hydrogen-bond acceptors (Lipinski definition) is 7. The van der Waals surface area contributed by atoms with Crippen molar-refractivity contribution in [3.8, 4) is 21.8 Å². The minimum absolute atomic E-state index is 0.550. The van der Waals surface area contributed by atoms with Crippen molar-refractivity contribution in [1.82, 2.24) is 9.97 Å². The molecule has 3 N–H and O–H groups in total. The van der Waals surface area contributed by atoms with Gasteiger partial charge in [-0.3, -0.25) is 0 Å². The van der Waals surface area contributed by atoms with Gasteiger partial charge >= 0.3 is 0 Å². The van der Waals surface area contributed by atoms with E-state index in [1.165, 1.54) is 22.7 Å². The summed E-state index contributed by atoms with van der Waals surface area (Å²) in [7, 11) is 0. The molecule has 1 unspecified atom stereocenters. The van der Waals surface area contributed by atoms with Gasteiger partial charge in [0.1, 0.15) is 27.0 Å². The van der Waals surface area contributed by atoms with Crippen molar-refractivity contribution in [2.24, 2.45) is 0 Å². The van der Waals surface area contributed by atoms with Gasteiger partial charge in [0.05, 0.1) is 5.60 Å². The molecule has 0 aliphatic rings. The number of fused-ring (bicyclic) bond motifs is 1. The Hall–Kier alpha value is -1.97. The number of thiazole rings is 1. The smallest absolute Gasteiger partial charge is 0.232 e. The largest absolute Gasteiger partial charge is 0.611 e. The maximum absolute atomic E-state index is 12.9. The molecule has 8 heteroatoms. The van der Waals surface area contributed by atoms with E-state index in [0.29, 0.717) is 15.6 Å². The molecule has 0 saturated carbocycles. The topological polar surface area (TPSA) is 95.1 Å². The SMILES string of the molecule is CCCC[S+]([O-])c1sc2nc(-c3nccs3)cc(-c3ccc(C(C)(C)O)cc3)c2c1N. The van der Waals surface area contributed by atoms with Crippen LogP contribution in [0.1, 0.15) is 39.2 Å². The first-order chi connectivity index (χ1) is 14.8. The van der Waals surface area contributed by atoms with Crippen LogP contribution in [0.25, 0.3) is 32.0 Å². The quantitative estimate of drug-likeness (QED) is 0.332. The van der Waals surface area contributed by atoms with Crippen LogP contribution in [-0.4, -0.2) is 25.4 Å². The van der Waals surface area contributed by atoms with E-state index >= 15 is 0 Å². The summed E-state index contributed by atoms with van der Waals surface area (Å²) in [6, 6.07) is 9.82. The number of anilines is 1. The number of unbranched alkanes of at least 4 members (excludes halogenated alkanes) is 1. The molecule has 0 amide bonds. The lowest BCUT2D eigenvalue weighted by Gasteiger charge is -2.18.